The van der Waals surface area contributed by atoms with Crippen molar-refractivity contribution >= 4 is 34.9 Å². The van der Waals surface area contributed by atoms with Gasteiger partial charge >= 0.3 is 5.97 Å². The Kier molecular flexibility index (Phi) is 3.71. The zero-order chi connectivity index (χ0) is 12.5. The van der Waals surface area contributed by atoms with Crippen molar-refractivity contribution in [3.63, 3.8) is 0 Å². The lowest BCUT2D eigenvalue weighted by Gasteiger charge is -2.20. The van der Waals surface area contributed by atoms with Gasteiger partial charge in [0.15, 0.2) is 0 Å². The summed E-state index contributed by atoms with van der Waals surface area (Å²) in [6.45, 7) is 5.31. The largest absolute Gasteiger partial charge is 0.456 e. The summed E-state index contributed by atoms with van der Waals surface area (Å²) in [6, 6.07) is 2.92. The first-order valence-corrected chi connectivity index (χ1v) is 5.44. The predicted octanol–water partition coefficient (Wildman–Crippen LogP) is 3.53. The Morgan fingerprint density at radius 3 is 2.31 bits per heavy atom. The highest BCUT2D eigenvalue weighted by atomic mass is 35.5. The van der Waals surface area contributed by atoms with E-state index >= 15 is 0 Å². The van der Waals surface area contributed by atoms with Crippen molar-refractivity contribution in [1.29, 1.82) is 0 Å². The van der Waals surface area contributed by atoms with Crippen LogP contribution in [0.15, 0.2) is 12.1 Å². The van der Waals surface area contributed by atoms with Crippen molar-refractivity contribution in [2.75, 3.05) is 5.73 Å². The van der Waals surface area contributed by atoms with Crippen molar-refractivity contribution in [2.45, 2.75) is 26.4 Å². The molecule has 0 amide bonds. The van der Waals surface area contributed by atoms with Crippen molar-refractivity contribution in [3.05, 3.63) is 27.7 Å². The summed E-state index contributed by atoms with van der Waals surface area (Å²) in [5.41, 5.74) is 5.45. The fourth-order valence-corrected chi connectivity index (χ4v) is 1.72. The van der Waals surface area contributed by atoms with Gasteiger partial charge in [-0.25, -0.2) is 4.79 Å². The zero-order valence-corrected chi connectivity index (χ0v) is 10.8. The van der Waals surface area contributed by atoms with E-state index in [0.29, 0.717) is 5.02 Å². The van der Waals surface area contributed by atoms with Gasteiger partial charge in [0.2, 0.25) is 0 Å². The third-order valence-corrected chi connectivity index (χ3v) is 2.20. The number of rotatable bonds is 1. The van der Waals surface area contributed by atoms with Crippen LogP contribution in [-0.4, -0.2) is 11.6 Å². The van der Waals surface area contributed by atoms with E-state index < -0.39 is 11.6 Å². The summed E-state index contributed by atoms with van der Waals surface area (Å²) in [4.78, 5) is 11.8. The molecule has 0 unspecified atom stereocenters. The van der Waals surface area contributed by atoms with E-state index in [2.05, 4.69) is 0 Å². The topological polar surface area (TPSA) is 52.3 Å². The van der Waals surface area contributed by atoms with Crippen LogP contribution in [0.2, 0.25) is 10.0 Å². The number of nitrogens with two attached hydrogens (primary N) is 1. The summed E-state index contributed by atoms with van der Waals surface area (Å²) in [6.07, 6.45) is 0. The Bertz CT molecular complexity index is 401. The van der Waals surface area contributed by atoms with Crippen LogP contribution in [0, 0.1) is 0 Å². The Morgan fingerprint density at radius 2 is 1.88 bits per heavy atom. The van der Waals surface area contributed by atoms with Crippen LogP contribution in [0.5, 0.6) is 0 Å². The maximum atomic E-state index is 11.8. The molecule has 0 saturated carbocycles. The number of benzene rings is 1. The Hall–Kier alpha value is -0.930. The second-order valence-electron chi connectivity index (χ2n) is 4.35. The van der Waals surface area contributed by atoms with Crippen molar-refractivity contribution in [1.82, 2.24) is 0 Å². The first kappa shape index (κ1) is 13.1. The van der Waals surface area contributed by atoms with Gasteiger partial charge in [-0.15, -0.1) is 0 Å². The van der Waals surface area contributed by atoms with Gasteiger partial charge in [-0.3, -0.25) is 0 Å². The standard InChI is InChI=1S/C11H13Cl2NO2/c1-11(2,3)16-10(15)9-7(13)4-6(12)5-8(9)14/h4-5H,14H2,1-3H3. The molecule has 0 fully saturated rings. The molecule has 3 nitrogen and oxygen atoms in total. The number of hydrogen-bond donors (Lipinski definition) is 1. The van der Waals surface area contributed by atoms with E-state index in [9.17, 15) is 4.79 Å². The second-order valence-corrected chi connectivity index (χ2v) is 5.20. The Balaban J connectivity index is 3.10. The quantitative estimate of drug-likeness (QED) is 0.622. The van der Waals surface area contributed by atoms with Gasteiger partial charge in [-0.1, -0.05) is 23.2 Å². The van der Waals surface area contributed by atoms with Gasteiger partial charge in [0.1, 0.15) is 11.2 Å². The molecule has 1 aromatic carbocycles. The molecular weight excluding hydrogens is 249 g/mol. The molecule has 0 radical (unpaired) electrons. The molecule has 0 aromatic heterocycles. The minimum Gasteiger partial charge on any atom is -0.456 e. The third-order valence-electron chi connectivity index (χ3n) is 1.69. The average Bonchev–Trinajstić information content (AvgIpc) is 1.96. The minimum atomic E-state index is -0.591. The van der Waals surface area contributed by atoms with Gasteiger partial charge in [0.25, 0.3) is 0 Å². The molecule has 0 saturated heterocycles. The summed E-state index contributed by atoms with van der Waals surface area (Å²) in [7, 11) is 0. The summed E-state index contributed by atoms with van der Waals surface area (Å²) in [5, 5.41) is 0.578. The van der Waals surface area contributed by atoms with Gasteiger partial charge in [-0.05, 0) is 32.9 Å². The van der Waals surface area contributed by atoms with Crippen LogP contribution in [0.25, 0.3) is 0 Å². The second kappa shape index (κ2) is 4.52. The van der Waals surface area contributed by atoms with E-state index in [1.54, 1.807) is 20.8 Å². The third kappa shape index (κ3) is 3.29. The molecule has 0 spiro atoms. The van der Waals surface area contributed by atoms with Crippen LogP contribution in [0.1, 0.15) is 31.1 Å². The van der Waals surface area contributed by atoms with E-state index in [0.717, 1.165) is 0 Å². The van der Waals surface area contributed by atoms with Crippen LogP contribution in [0.4, 0.5) is 5.69 Å². The van der Waals surface area contributed by atoms with Gasteiger partial charge < -0.3 is 10.5 Å². The van der Waals surface area contributed by atoms with Gasteiger partial charge in [0.05, 0.1) is 5.02 Å². The molecule has 0 atom stereocenters. The Labute approximate surface area is 104 Å². The summed E-state index contributed by atoms with van der Waals surface area (Å²) >= 11 is 11.6. The van der Waals surface area contributed by atoms with Crippen LogP contribution >= 0.6 is 23.2 Å². The van der Waals surface area contributed by atoms with E-state index in [1.165, 1.54) is 12.1 Å². The fourth-order valence-electron chi connectivity index (χ4n) is 1.14. The predicted molar refractivity (Wildman–Crippen MR) is 66.0 cm³/mol. The first-order valence-electron chi connectivity index (χ1n) is 4.68. The summed E-state index contributed by atoms with van der Waals surface area (Å²) < 4.78 is 5.18. The van der Waals surface area contributed by atoms with E-state index in [-0.39, 0.29) is 16.3 Å². The molecule has 88 valence electrons. The van der Waals surface area contributed by atoms with Crippen LogP contribution < -0.4 is 5.73 Å². The highest BCUT2D eigenvalue weighted by molar-refractivity contribution is 6.37. The van der Waals surface area contributed by atoms with Crippen molar-refractivity contribution < 1.29 is 9.53 Å². The molecule has 1 rings (SSSR count). The number of halogens is 2. The highest BCUT2D eigenvalue weighted by Crippen LogP contribution is 2.28. The normalized spacial score (nSPS) is 11.3. The van der Waals surface area contributed by atoms with E-state index in [1.807, 2.05) is 0 Å². The lowest BCUT2D eigenvalue weighted by atomic mass is 10.1. The number of anilines is 1. The smallest absolute Gasteiger partial charge is 0.342 e. The molecule has 2 N–H and O–H groups in total. The van der Waals surface area contributed by atoms with Gasteiger partial charge in [-0.2, -0.15) is 0 Å². The molecule has 0 heterocycles. The molecule has 5 heteroatoms. The van der Waals surface area contributed by atoms with E-state index in [4.69, 9.17) is 33.7 Å². The molecule has 0 aliphatic heterocycles. The Morgan fingerprint density at radius 1 is 1.31 bits per heavy atom. The lowest BCUT2D eigenvalue weighted by Crippen LogP contribution is -2.24. The zero-order valence-electron chi connectivity index (χ0n) is 9.30. The summed E-state index contributed by atoms with van der Waals surface area (Å²) in [5.74, 6) is -0.549. The van der Waals surface area contributed by atoms with Crippen molar-refractivity contribution in [3.8, 4) is 0 Å². The lowest BCUT2D eigenvalue weighted by molar-refractivity contribution is 0.00711. The molecule has 0 aliphatic carbocycles. The van der Waals surface area contributed by atoms with Crippen LogP contribution in [-0.2, 0) is 4.74 Å². The number of ether oxygens (including phenoxy) is 1. The highest BCUT2D eigenvalue weighted by Gasteiger charge is 2.22. The average molecular weight is 262 g/mol. The van der Waals surface area contributed by atoms with Crippen LogP contribution in [0.3, 0.4) is 0 Å². The molecule has 16 heavy (non-hydrogen) atoms. The SMILES string of the molecule is CC(C)(C)OC(=O)c1c(N)cc(Cl)cc1Cl. The maximum absolute atomic E-state index is 11.8. The fraction of sp³-hybridized carbons (Fsp3) is 0.364. The molecule has 0 bridgehead atoms. The molecular formula is C11H13Cl2NO2. The number of carbonyl (C=O) groups is 1. The number of nitrogen functional groups attached to an aromatic ring is 1. The minimum absolute atomic E-state index is 0.154. The molecule has 0 aliphatic rings. The number of hydrogen-bond acceptors (Lipinski definition) is 3. The number of carbonyl (C=O) groups excluding carboxylic acids is 1. The monoisotopic (exact) mass is 261 g/mol. The van der Waals surface area contributed by atoms with Crippen molar-refractivity contribution in [2.24, 2.45) is 0 Å². The number of esters is 1. The van der Waals surface area contributed by atoms with Gasteiger partial charge in [0, 0.05) is 10.7 Å². The molecule has 1 aromatic rings. The first-order chi connectivity index (χ1) is 7.20. The maximum Gasteiger partial charge on any atom is 0.342 e.